The third kappa shape index (κ3) is 8.07. The number of nitrogens with one attached hydrogen (secondary N) is 1. The Kier molecular flexibility index (Phi) is 10.6. The number of thiol groups is 1. The van der Waals surface area contributed by atoms with Gasteiger partial charge in [0, 0.05) is 46.6 Å². The summed E-state index contributed by atoms with van der Waals surface area (Å²) in [6.45, 7) is 3.48. The standard InChI is InChI=1S/C12H24N2O4S/c1-10(15)13-11(9-19)12(16)14(6-8-18-3)5-4-7-17-2/h11,19H,4-9H2,1-3H3,(H,13,15). The third-order valence-corrected chi connectivity index (χ3v) is 2.88. The highest BCUT2D eigenvalue weighted by Crippen LogP contribution is 2.00. The number of carbonyl (C=O) groups excluding carboxylic acids is 2. The molecular weight excluding hydrogens is 268 g/mol. The Morgan fingerprint density at radius 3 is 2.32 bits per heavy atom. The smallest absolute Gasteiger partial charge is 0.246 e. The first kappa shape index (κ1) is 18.2. The van der Waals surface area contributed by atoms with Gasteiger partial charge in [-0.15, -0.1) is 0 Å². The predicted molar refractivity (Wildman–Crippen MR) is 76.4 cm³/mol. The number of amides is 2. The molecule has 2 amide bonds. The van der Waals surface area contributed by atoms with E-state index in [1.165, 1.54) is 6.92 Å². The molecule has 7 heteroatoms. The summed E-state index contributed by atoms with van der Waals surface area (Å²) in [5, 5.41) is 2.60. The van der Waals surface area contributed by atoms with Gasteiger partial charge >= 0.3 is 0 Å². The summed E-state index contributed by atoms with van der Waals surface area (Å²) in [4.78, 5) is 25.0. The first-order chi connectivity index (χ1) is 9.06. The Balaban J connectivity index is 4.50. The molecule has 1 unspecified atom stereocenters. The van der Waals surface area contributed by atoms with E-state index in [0.29, 0.717) is 26.3 Å². The SMILES string of the molecule is COCCCN(CCOC)C(=O)C(CS)NC(C)=O. The topological polar surface area (TPSA) is 67.9 Å². The van der Waals surface area contributed by atoms with E-state index in [1.54, 1.807) is 19.1 Å². The summed E-state index contributed by atoms with van der Waals surface area (Å²) in [6.07, 6.45) is 0.741. The third-order valence-electron chi connectivity index (χ3n) is 2.51. The van der Waals surface area contributed by atoms with Crippen LogP contribution in [0.3, 0.4) is 0 Å². The number of hydrogen-bond donors (Lipinski definition) is 2. The van der Waals surface area contributed by atoms with Gasteiger partial charge in [-0.3, -0.25) is 9.59 Å². The molecule has 19 heavy (non-hydrogen) atoms. The van der Waals surface area contributed by atoms with E-state index in [2.05, 4.69) is 17.9 Å². The molecule has 1 N–H and O–H groups in total. The molecule has 0 saturated heterocycles. The maximum absolute atomic E-state index is 12.3. The number of rotatable bonds is 10. The summed E-state index contributed by atoms with van der Waals surface area (Å²) >= 11 is 4.11. The van der Waals surface area contributed by atoms with Gasteiger partial charge in [-0.05, 0) is 6.42 Å². The highest BCUT2D eigenvalue weighted by Gasteiger charge is 2.23. The molecule has 0 aromatic carbocycles. The van der Waals surface area contributed by atoms with E-state index < -0.39 is 6.04 Å². The fourth-order valence-corrected chi connectivity index (χ4v) is 1.83. The molecule has 0 spiro atoms. The van der Waals surface area contributed by atoms with E-state index in [0.717, 1.165) is 6.42 Å². The van der Waals surface area contributed by atoms with Crippen LogP contribution >= 0.6 is 12.6 Å². The van der Waals surface area contributed by atoms with E-state index >= 15 is 0 Å². The Bertz CT molecular complexity index is 276. The summed E-state index contributed by atoms with van der Waals surface area (Å²) in [7, 11) is 3.21. The van der Waals surface area contributed by atoms with Crippen LogP contribution in [0.25, 0.3) is 0 Å². The number of methoxy groups -OCH3 is 2. The Hall–Kier alpha value is -0.790. The van der Waals surface area contributed by atoms with Gasteiger partial charge in [0.05, 0.1) is 6.61 Å². The highest BCUT2D eigenvalue weighted by atomic mass is 32.1. The normalized spacial score (nSPS) is 12.0. The molecule has 0 fully saturated rings. The van der Waals surface area contributed by atoms with Crippen LogP contribution in [-0.2, 0) is 19.1 Å². The quantitative estimate of drug-likeness (QED) is 0.437. The van der Waals surface area contributed by atoms with Crippen molar-refractivity contribution < 1.29 is 19.1 Å². The molecule has 0 aliphatic rings. The van der Waals surface area contributed by atoms with Crippen LogP contribution in [0.4, 0.5) is 0 Å². The lowest BCUT2D eigenvalue weighted by atomic mass is 10.2. The summed E-state index contributed by atoms with van der Waals surface area (Å²) in [5.74, 6) is -0.110. The van der Waals surface area contributed by atoms with Crippen molar-refractivity contribution in [3.63, 3.8) is 0 Å². The molecule has 0 aromatic rings. The first-order valence-electron chi connectivity index (χ1n) is 6.21. The fourth-order valence-electron chi connectivity index (χ4n) is 1.58. The highest BCUT2D eigenvalue weighted by molar-refractivity contribution is 7.80. The van der Waals surface area contributed by atoms with Crippen LogP contribution in [0.5, 0.6) is 0 Å². The number of carbonyl (C=O) groups is 2. The van der Waals surface area contributed by atoms with Gasteiger partial charge in [0.2, 0.25) is 11.8 Å². The van der Waals surface area contributed by atoms with Crippen molar-refractivity contribution in [3.05, 3.63) is 0 Å². The second-order valence-electron chi connectivity index (χ2n) is 4.10. The van der Waals surface area contributed by atoms with Gasteiger partial charge in [0.1, 0.15) is 6.04 Å². The van der Waals surface area contributed by atoms with E-state index in [-0.39, 0.29) is 17.6 Å². The summed E-state index contributed by atoms with van der Waals surface area (Å²) in [5.41, 5.74) is 0. The average molecular weight is 292 g/mol. The maximum Gasteiger partial charge on any atom is 0.246 e. The maximum atomic E-state index is 12.3. The molecule has 1 atom stereocenters. The zero-order valence-corrected chi connectivity index (χ0v) is 12.7. The lowest BCUT2D eigenvalue weighted by Gasteiger charge is -2.26. The molecule has 0 saturated carbocycles. The molecule has 0 radical (unpaired) electrons. The predicted octanol–water partition coefficient (Wildman–Crippen LogP) is -0.0676. The Labute approximate surface area is 120 Å². The van der Waals surface area contributed by atoms with Gasteiger partial charge in [-0.25, -0.2) is 0 Å². The fraction of sp³-hybridized carbons (Fsp3) is 0.833. The van der Waals surface area contributed by atoms with Crippen LogP contribution in [0.15, 0.2) is 0 Å². The van der Waals surface area contributed by atoms with Gasteiger partial charge in [0.25, 0.3) is 0 Å². The van der Waals surface area contributed by atoms with Crippen LogP contribution in [0, 0.1) is 0 Å². The van der Waals surface area contributed by atoms with Crippen molar-refractivity contribution in [2.24, 2.45) is 0 Å². The molecule has 0 aliphatic carbocycles. The van der Waals surface area contributed by atoms with Gasteiger partial charge in [0.15, 0.2) is 0 Å². The van der Waals surface area contributed by atoms with Crippen LogP contribution in [-0.4, -0.2) is 69.0 Å². The summed E-state index contributed by atoms with van der Waals surface area (Å²) < 4.78 is 9.97. The minimum Gasteiger partial charge on any atom is -0.385 e. The monoisotopic (exact) mass is 292 g/mol. The van der Waals surface area contributed by atoms with Crippen molar-refractivity contribution in [2.75, 3.05) is 46.3 Å². The van der Waals surface area contributed by atoms with E-state index in [9.17, 15) is 9.59 Å². The Morgan fingerprint density at radius 1 is 1.21 bits per heavy atom. The van der Waals surface area contributed by atoms with Gasteiger partial charge < -0.3 is 19.7 Å². The second kappa shape index (κ2) is 11.1. The molecule has 0 aliphatic heterocycles. The lowest BCUT2D eigenvalue weighted by molar-refractivity contribution is -0.136. The van der Waals surface area contributed by atoms with Gasteiger partial charge in [-0.2, -0.15) is 12.6 Å². The van der Waals surface area contributed by atoms with Crippen LogP contribution in [0.2, 0.25) is 0 Å². The van der Waals surface area contributed by atoms with Crippen LogP contribution < -0.4 is 5.32 Å². The average Bonchev–Trinajstić information content (AvgIpc) is 2.39. The summed E-state index contributed by atoms with van der Waals surface area (Å²) in [6, 6.07) is -0.597. The molecule has 112 valence electrons. The van der Waals surface area contributed by atoms with Crippen molar-refractivity contribution >= 4 is 24.4 Å². The second-order valence-corrected chi connectivity index (χ2v) is 4.47. The van der Waals surface area contributed by atoms with Gasteiger partial charge in [-0.1, -0.05) is 0 Å². The number of ether oxygens (including phenoxy) is 2. The zero-order valence-electron chi connectivity index (χ0n) is 11.8. The first-order valence-corrected chi connectivity index (χ1v) is 6.84. The van der Waals surface area contributed by atoms with Crippen molar-refractivity contribution in [2.45, 2.75) is 19.4 Å². The Morgan fingerprint density at radius 2 is 1.84 bits per heavy atom. The molecule has 0 bridgehead atoms. The molecule has 0 aromatic heterocycles. The van der Waals surface area contributed by atoms with Crippen molar-refractivity contribution in [1.29, 1.82) is 0 Å². The van der Waals surface area contributed by atoms with E-state index in [1.807, 2.05) is 0 Å². The van der Waals surface area contributed by atoms with Crippen molar-refractivity contribution in [1.82, 2.24) is 10.2 Å². The molecular formula is C12H24N2O4S. The number of hydrogen-bond acceptors (Lipinski definition) is 5. The number of nitrogens with zero attached hydrogens (tertiary/aromatic N) is 1. The molecule has 0 rings (SSSR count). The lowest BCUT2D eigenvalue weighted by Crippen LogP contribution is -2.50. The van der Waals surface area contributed by atoms with Crippen LogP contribution in [0.1, 0.15) is 13.3 Å². The largest absolute Gasteiger partial charge is 0.385 e. The minimum atomic E-state index is -0.597. The minimum absolute atomic E-state index is 0.140. The molecule has 6 nitrogen and oxygen atoms in total. The zero-order chi connectivity index (χ0) is 14.7. The molecule has 0 heterocycles. The van der Waals surface area contributed by atoms with Crippen molar-refractivity contribution in [3.8, 4) is 0 Å². The van der Waals surface area contributed by atoms with E-state index in [4.69, 9.17) is 9.47 Å².